The molecule has 1 aromatic rings. The van der Waals surface area contributed by atoms with Gasteiger partial charge in [0, 0.05) is 5.56 Å². The summed E-state index contributed by atoms with van der Waals surface area (Å²) >= 11 is 5.76. The van der Waals surface area contributed by atoms with Crippen molar-refractivity contribution in [3.05, 3.63) is 29.8 Å². The molecule has 1 heterocycles. The number of anilines is 1. The molecule has 2 rings (SSSR count). The fourth-order valence-corrected chi connectivity index (χ4v) is 2.90. The molecule has 0 unspecified atom stereocenters. The molecule has 4 heteroatoms. The minimum absolute atomic E-state index is 0.0248. The van der Waals surface area contributed by atoms with Crippen LogP contribution in [0, 0.1) is 0 Å². The number of hydrogen-bond acceptors (Lipinski definition) is 2. The molecule has 1 aliphatic rings. The molecular weight excluding hydrogens is 274 g/mol. The molecule has 0 saturated heterocycles. The SMILES string of the molecule is CCOc1ccc2c(c1)C(C)=CC(C)(C)N2C(=O)CCl. The first-order valence-electron chi connectivity index (χ1n) is 6.76. The van der Waals surface area contributed by atoms with Crippen LogP contribution in [0.15, 0.2) is 24.3 Å². The van der Waals surface area contributed by atoms with E-state index in [2.05, 4.69) is 13.0 Å². The fraction of sp³-hybridized carbons (Fsp3) is 0.438. The summed E-state index contributed by atoms with van der Waals surface area (Å²) in [4.78, 5) is 14.0. The molecule has 0 spiro atoms. The lowest BCUT2D eigenvalue weighted by molar-refractivity contribution is -0.117. The smallest absolute Gasteiger partial charge is 0.242 e. The van der Waals surface area contributed by atoms with E-state index in [1.165, 1.54) is 0 Å². The third-order valence-electron chi connectivity index (χ3n) is 3.45. The molecular formula is C16H20ClNO2. The summed E-state index contributed by atoms with van der Waals surface area (Å²) in [6.45, 7) is 8.66. The number of allylic oxidation sites excluding steroid dienone is 1. The molecule has 1 aliphatic heterocycles. The van der Waals surface area contributed by atoms with Crippen LogP contribution in [0.3, 0.4) is 0 Å². The first-order valence-corrected chi connectivity index (χ1v) is 7.30. The van der Waals surface area contributed by atoms with Crippen LogP contribution in [0.1, 0.15) is 33.3 Å². The highest BCUT2D eigenvalue weighted by Gasteiger charge is 2.35. The van der Waals surface area contributed by atoms with Gasteiger partial charge >= 0.3 is 0 Å². The number of alkyl halides is 1. The molecule has 1 amide bonds. The zero-order chi connectivity index (χ0) is 14.9. The van der Waals surface area contributed by atoms with Gasteiger partial charge in [-0.2, -0.15) is 0 Å². The molecule has 1 aromatic carbocycles. The number of nitrogens with zero attached hydrogens (tertiary/aromatic N) is 1. The lowest BCUT2D eigenvalue weighted by atomic mass is 9.88. The van der Waals surface area contributed by atoms with Crippen LogP contribution in [0.2, 0.25) is 0 Å². The Balaban J connectivity index is 2.56. The van der Waals surface area contributed by atoms with E-state index < -0.39 is 0 Å². The molecule has 0 N–H and O–H groups in total. The summed E-state index contributed by atoms with van der Waals surface area (Å²) in [6.07, 6.45) is 2.09. The van der Waals surface area contributed by atoms with E-state index in [1.54, 1.807) is 4.90 Å². The van der Waals surface area contributed by atoms with Gasteiger partial charge in [-0.1, -0.05) is 6.08 Å². The van der Waals surface area contributed by atoms with E-state index in [4.69, 9.17) is 16.3 Å². The van der Waals surface area contributed by atoms with E-state index in [9.17, 15) is 4.79 Å². The van der Waals surface area contributed by atoms with Gasteiger partial charge < -0.3 is 9.64 Å². The van der Waals surface area contributed by atoms with Crippen LogP contribution in [0.25, 0.3) is 5.57 Å². The Morgan fingerprint density at radius 2 is 2.10 bits per heavy atom. The van der Waals surface area contributed by atoms with Crippen molar-refractivity contribution in [2.24, 2.45) is 0 Å². The predicted molar refractivity (Wildman–Crippen MR) is 83.5 cm³/mol. The summed E-state index contributed by atoms with van der Waals surface area (Å²) in [5.41, 5.74) is 2.68. The van der Waals surface area contributed by atoms with Gasteiger partial charge in [0.2, 0.25) is 5.91 Å². The average Bonchev–Trinajstić information content (AvgIpc) is 2.38. The standard InChI is InChI=1S/C16H20ClNO2/c1-5-20-12-6-7-14-13(8-12)11(2)9-16(3,4)18(14)15(19)10-17/h6-9H,5,10H2,1-4H3. The lowest BCUT2D eigenvalue weighted by Gasteiger charge is -2.41. The lowest BCUT2D eigenvalue weighted by Crippen LogP contribution is -2.49. The van der Waals surface area contributed by atoms with Crippen molar-refractivity contribution >= 4 is 28.8 Å². The van der Waals surface area contributed by atoms with Gasteiger partial charge in [0.15, 0.2) is 0 Å². The van der Waals surface area contributed by atoms with Crippen LogP contribution < -0.4 is 9.64 Å². The zero-order valence-electron chi connectivity index (χ0n) is 12.4. The average molecular weight is 294 g/mol. The number of halogens is 1. The Hall–Kier alpha value is -1.48. The largest absolute Gasteiger partial charge is 0.494 e. The van der Waals surface area contributed by atoms with Crippen LogP contribution in [-0.4, -0.2) is 23.9 Å². The van der Waals surface area contributed by atoms with Gasteiger partial charge in [-0.3, -0.25) is 4.79 Å². The molecule has 0 fully saturated rings. The van der Waals surface area contributed by atoms with Crippen molar-refractivity contribution in [3.8, 4) is 5.75 Å². The number of rotatable bonds is 3. The molecule has 0 atom stereocenters. The number of ether oxygens (including phenoxy) is 1. The second kappa shape index (κ2) is 5.49. The zero-order valence-corrected chi connectivity index (χ0v) is 13.1. The monoisotopic (exact) mass is 293 g/mol. The van der Waals surface area contributed by atoms with E-state index >= 15 is 0 Å². The minimum Gasteiger partial charge on any atom is -0.494 e. The summed E-state index contributed by atoms with van der Waals surface area (Å²) in [5.74, 6) is 0.700. The summed E-state index contributed by atoms with van der Waals surface area (Å²) in [7, 11) is 0. The molecule has 0 bridgehead atoms. The summed E-state index contributed by atoms with van der Waals surface area (Å²) in [5, 5.41) is 0. The van der Waals surface area contributed by atoms with E-state index in [1.807, 2.05) is 39.0 Å². The maximum Gasteiger partial charge on any atom is 0.242 e. The highest BCUT2D eigenvalue weighted by molar-refractivity contribution is 6.29. The highest BCUT2D eigenvalue weighted by atomic mass is 35.5. The van der Waals surface area contributed by atoms with Crippen LogP contribution in [0.4, 0.5) is 5.69 Å². The van der Waals surface area contributed by atoms with Crippen molar-refractivity contribution in [1.82, 2.24) is 0 Å². The maximum absolute atomic E-state index is 12.2. The third kappa shape index (κ3) is 2.55. The normalized spacial score (nSPS) is 16.4. The van der Waals surface area contributed by atoms with Gasteiger partial charge in [0.25, 0.3) is 0 Å². The Kier molecular flexibility index (Phi) is 4.09. The van der Waals surface area contributed by atoms with Crippen LogP contribution in [-0.2, 0) is 4.79 Å². The van der Waals surface area contributed by atoms with Gasteiger partial charge in [0.05, 0.1) is 17.8 Å². The molecule has 0 aromatic heterocycles. The quantitative estimate of drug-likeness (QED) is 0.792. The minimum atomic E-state index is -0.379. The Labute approximate surface area is 125 Å². The highest BCUT2D eigenvalue weighted by Crippen LogP contribution is 2.40. The molecule has 108 valence electrons. The Morgan fingerprint density at radius 3 is 2.70 bits per heavy atom. The summed E-state index contributed by atoms with van der Waals surface area (Å²) in [6, 6.07) is 5.81. The topological polar surface area (TPSA) is 29.5 Å². The van der Waals surface area contributed by atoms with E-state index in [-0.39, 0.29) is 17.3 Å². The second-order valence-electron chi connectivity index (χ2n) is 5.46. The number of carbonyl (C=O) groups excluding carboxylic acids is 1. The number of amides is 1. The van der Waals surface area contributed by atoms with Crippen LogP contribution in [0.5, 0.6) is 5.75 Å². The van der Waals surface area contributed by atoms with E-state index in [0.29, 0.717) is 6.61 Å². The van der Waals surface area contributed by atoms with E-state index in [0.717, 1.165) is 22.6 Å². The van der Waals surface area contributed by atoms with Crippen molar-refractivity contribution in [3.63, 3.8) is 0 Å². The number of fused-ring (bicyclic) bond motifs is 1. The number of hydrogen-bond donors (Lipinski definition) is 0. The maximum atomic E-state index is 12.2. The predicted octanol–water partition coefficient (Wildman–Crippen LogP) is 3.85. The first kappa shape index (κ1) is 14.9. The fourth-order valence-electron chi connectivity index (χ4n) is 2.78. The third-order valence-corrected chi connectivity index (χ3v) is 3.68. The van der Waals surface area contributed by atoms with Gasteiger partial charge in [-0.25, -0.2) is 0 Å². The van der Waals surface area contributed by atoms with Gasteiger partial charge in [-0.15, -0.1) is 11.6 Å². The molecule has 20 heavy (non-hydrogen) atoms. The number of carbonyl (C=O) groups is 1. The molecule has 0 saturated carbocycles. The van der Waals surface area contributed by atoms with Crippen molar-refractivity contribution in [1.29, 1.82) is 0 Å². The van der Waals surface area contributed by atoms with Crippen LogP contribution >= 0.6 is 11.6 Å². The van der Waals surface area contributed by atoms with Crippen molar-refractivity contribution in [2.45, 2.75) is 33.2 Å². The Morgan fingerprint density at radius 1 is 1.40 bits per heavy atom. The van der Waals surface area contributed by atoms with Crippen molar-refractivity contribution in [2.75, 3.05) is 17.4 Å². The second-order valence-corrected chi connectivity index (χ2v) is 5.72. The summed E-state index contributed by atoms with van der Waals surface area (Å²) < 4.78 is 5.54. The Bertz CT molecular complexity index is 564. The van der Waals surface area contributed by atoms with Gasteiger partial charge in [0.1, 0.15) is 11.6 Å². The molecule has 0 aliphatic carbocycles. The van der Waals surface area contributed by atoms with Crippen molar-refractivity contribution < 1.29 is 9.53 Å². The first-order chi connectivity index (χ1) is 9.40. The van der Waals surface area contributed by atoms with Gasteiger partial charge in [-0.05, 0) is 51.5 Å². The molecule has 3 nitrogen and oxygen atoms in total. The molecule has 0 radical (unpaired) electrons. The number of benzene rings is 1.